The van der Waals surface area contributed by atoms with Gasteiger partial charge < -0.3 is 14.8 Å². The summed E-state index contributed by atoms with van der Waals surface area (Å²) in [7, 11) is 1.62. The van der Waals surface area contributed by atoms with E-state index in [1.165, 1.54) is 11.3 Å². The second-order valence-electron chi connectivity index (χ2n) is 5.07. The van der Waals surface area contributed by atoms with Crippen molar-refractivity contribution in [3.05, 3.63) is 41.8 Å². The first-order chi connectivity index (χ1) is 12.2. The molecule has 0 spiro atoms. The molecule has 0 aliphatic heterocycles. The largest absolute Gasteiger partial charge is 0.497 e. The molecule has 1 N–H and O–H groups in total. The van der Waals surface area contributed by atoms with Gasteiger partial charge in [-0.1, -0.05) is 17.4 Å². The van der Waals surface area contributed by atoms with Crippen LogP contribution in [0, 0.1) is 0 Å². The van der Waals surface area contributed by atoms with Gasteiger partial charge in [-0.15, -0.1) is 21.5 Å². The molecule has 0 aliphatic carbocycles. The van der Waals surface area contributed by atoms with Gasteiger partial charge in [-0.2, -0.15) is 0 Å². The van der Waals surface area contributed by atoms with Gasteiger partial charge in [0.15, 0.2) is 5.01 Å². The van der Waals surface area contributed by atoms with Crippen molar-refractivity contribution in [2.45, 2.75) is 12.8 Å². The van der Waals surface area contributed by atoms with Crippen molar-refractivity contribution in [2.75, 3.05) is 19.0 Å². The van der Waals surface area contributed by atoms with E-state index >= 15 is 0 Å². The van der Waals surface area contributed by atoms with E-state index in [0.29, 0.717) is 24.6 Å². The molecule has 130 valence electrons. The molecule has 25 heavy (non-hydrogen) atoms. The van der Waals surface area contributed by atoms with Crippen molar-refractivity contribution in [2.24, 2.45) is 0 Å². The second-order valence-corrected chi connectivity index (χ2v) is 6.99. The van der Waals surface area contributed by atoms with Gasteiger partial charge >= 0.3 is 0 Å². The third-order valence-corrected chi connectivity index (χ3v) is 5.16. The Morgan fingerprint density at radius 3 is 2.68 bits per heavy atom. The smallest absolute Gasteiger partial charge is 0.226 e. The number of nitrogens with zero attached hydrogens (tertiary/aromatic N) is 2. The normalized spacial score (nSPS) is 10.4. The minimum atomic E-state index is -0.0905. The third-order valence-electron chi connectivity index (χ3n) is 3.28. The molecule has 1 aromatic carbocycles. The molecular weight excluding hydrogens is 358 g/mol. The fourth-order valence-electron chi connectivity index (χ4n) is 2.05. The number of aromatic nitrogens is 2. The highest BCUT2D eigenvalue weighted by Gasteiger charge is 2.10. The fraction of sp³-hybridized carbons (Fsp3) is 0.235. The molecule has 0 atom stereocenters. The highest BCUT2D eigenvalue weighted by Crippen LogP contribution is 2.29. The van der Waals surface area contributed by atoms with Gasteiger partial charge in [0.2, 0.25) is 11.0 Å². The summed E-state index contributed by atoms with van der Waals surface area (Å²) >= 11 is 2.97. The van der Waals surface area contributed by atoms with Crippen molar-refractivity contribution < 1.29 is 14.3 Å². The van der Waals surface area contributed by atoms with Gasteiger partial charge in [-0.25, -0.2) is 0 Å². The fourth-order valence-corrected chi connectivity index (χ4v) is 3.60. The van der Waals surface area contributed by atoms with Crippen LogP contribution >= 0.6 is 22.7 Å². The Bertz CT molecular complexity index is 801. The monoisotopic (exact) mass is 375 g/mol. The number of benzene rings is 1. The van der Waals surface area contributed by atoms with Crippen LogP contribution in [0.4, 0.5) is 5.13 Å². The SMILES string of the molecule is COc1ccc(OCCCC(=O)Nc2nnc(-c3cccs3)s2)cc1. The minimum absolute atomic E-state index is 0.0905. The summed E-state index contributed by atoms with van der Waals surface area (Å²) in [6.07, 6.45) is 0.985. The summed E-state index contributed by atoms with van der Waals surface area (Å²) < 4.78 is 10.7. The number of carbonyl (C=O) groups excluding carboxylic acids is 1. The number of hydrogen-bond acceptors (Lipinski definition) is 7. The highest BCUT2D eigenvalue weighted by molar-refractivity contribution is 7.23. The van der Waals surface area contributed by atoms with E-state index in [4.69, 9.17) is 9.47 Å². The van der Waals surface area contributed by atoms with E-state index in [9.17, 15) is 4.79 Å². The minimum Gasteiger partial charge on any atom is -0.497 e. The maximum absolute atomic E-state index is 12.0. The summed E-state index contributed by atoms with van der Waals surface area (Å²) in [5.74, 6) is 1.45. The lowest BCUT2D eigenvalue weighted by atomic mass is 10.3. The van der Waals surface area contributed by atoms with Crippen LogP contribution in [0.15, 0.2) is 41.8 Å². The highest BCUT2D eigenvalue weighted by atomic mass is 32.1. The van der Waals surface area contributed by atoms with Gasteiger partial charge in [-0.05, 0) is 42.1 Å². The predicted octanol–water partition coefficient (Wildman–Crippen LogP) is 4.07. The number of thiophene rings is 1. The van der Waals surface area contributed by atoms with Crippen LogP contribution < -0.4 is 14.8 Å². The predicted molar refractivity (Wildman–Crippen MR) is 99.6 cm³/mol. The maximum atomic E-state index is 12.0. The molecule has 0 fully saturated rings. The number of ether oxygens (including phenoxy) is 2. The molecule has 3 aromatic rings. The van der Waals surface area contributed by atoms with Crippen molar-refractivity contribution >= 4 is 33.7 Å². The van der Waals surface area contributed by atoms with E-state index in [1.54, 1.807) is 18.4 Å². The molecule has 8 heteroatoms. The average Bonchev–Trinajstić information content (AvgIpc) is 3.31. The van der Waals surface area contributed by atoms with Gasteiger partial charge in [0.1, 0.15) is 11.5 Å². The number of rotatable bonds is 8. The van der Waals surface area contributed by atoms with Crippen molar-refractivity contribution in [1.29, 1.82) is 0 Å². The zero-order valence-electron chi connectivity index (χ0n) is 13.6. The number of amides is 1. The van der Waals surface area contributed by atoms with E-state index < -0.39 is 0 Å². The summed E-state index contributed by atoms with van der Waals surface area (Å²) in [5, 5.41) is 14.2. The van der Waals surface area contributed by atoms with E-state index in [-0.39, 0.29) is 5.91 Å². The van der Waals surface area contributed by atoms with Crippen LogP contribution in [-0.4, -0.2) is 29.8 Å². The Balaban J connectivity index is 1.39. The topological polar surface area (TPSA) is 73.3 Å². The summed E-state index contributed by atoms with van der Waals surface area (Å²) in [6.45, 7) is 0.469. The number of anilines is 1. The summed E-state index contributed by atoms with van der Waals surface area (Å²) in [4.78, 5) is 13.0. The first-order valence-electron chi connectivity index (χ1n) is 7.68. The molecule has 0 radical (unpaired) electrons. The van der Waals surface area contributed by atoms with Crippen LogP contribution in [0.5, 0.6) is 11.5 Å². The summed E-state index contributed by atoms with van der Waals surface area (Å²) in [5.41, 5.74) is 0. The summed E-state index contributed by atoms with van der Waals surface area (Å²) in [6, 6.07) is 11.3. The van der Waals surface area contributed by atoms with Crippen molar-refractivity contribution in [3.8, 4) is 21.4 Å². The molecular formula is C17H17N3O3S2. The lowest BCUT2D eigenvalue weighted by molar-refractivity contribution is -0.116. The molecule has 0 saturated heterocycles. The Kier molecular flexibility index (Phi) is 5.97. The number of nitrogens with one attached hydrogen (secondary N) is 1. The average molecular weight is 375 g/mol. The van der Waals surface area contributed by atoms with Crippen LogP contribution in [0.25, 0.3) is 9.88 Å². The zero-order valence-corrected chi connectivity index (χ0v) is 15.2. The van der Waals surface area contributed by atoms with Crippen molar-refractivity contribution in [3.63, 3.8) is 0 Å². The quantitative estimate of drug-likeness (QED) is 0.601. The third kappa shape index (κ3) is 5.01. The first-order valence-corrected chi connectivity index (χ1v) is 9.38. The second kappa shape index (κ2) is 8.59. The van der Waals surface area contributed by atoms with Crippen LogP contribution in [0.1, 0.15) is 12.8 Å². The van der Waals surface area contributed by atoms with Gasteiger partial charge in [-0.3, -0.25) is 4.79 Å². The number of methoxy groups -OCH3 is 1. The van der Waals surface area contributed by atoms with E-state index in [0.717, 1.165) is 21.4 Å². The number of hydrogen-bond donors (Lipinski definition) is 1. The Hall–Kier alpha value is -2.45. The lowest BCUT2D eigenvalue weighted by Gasteiger charge is -2.06. The van der Waals surface area contributed by atoms with Crippen molar-refractivity contribution in [1.82, 2.24) is 10.2 Å². The molecule has 0 aliphatic rings. The molecule has 2 aromatic heterocycles. The van der Waals surface area contributed by atoms with E-state index in [2.05, 4.69) is 15.5 Å². The van der Waals surface area contributed by atoms with Gasteiger partial charge in [0.05, 0.1) is 18.6 Å². The number of carbonyl (C=O) groups is 1. The van der Waals surface area contributed by atoms with Crippen LogP contribution in [-0.2, 0) is 4.79 Å². The molecule has 0 unspecified atom stereocenters. The Morgan fingerprint density at radius 1 is 1.16 bits per heavy atom. The van der Waals surface area contributed by atoms with Gasteiger partial charge in [0, 0.05) is 6.42 Å². The van der Waals surface area contributed by atoms with E-state index in [1.807, 2.05) is 41.8 Å². The lowest BCUT2D eigenvalue weighted by Crippen LogP contribution is -2.12. The molecule has 0 saturated carbocycles. The molecule has 6 nitrogen and oxygen atoms in total. The molecule has 3 rings (SSSR count). The molecule has 0 bridgehead atoms. The van der Waals surface area contributed by atoms with Crippen LogP contribution in [0.3, 0.4) is 0 Å². The standard InChI is InChI=1S/C17H17N3O3S2/c1-22-12-6-8-13(9-7-12)23-10-2-5-15(21)18-17-20-19-16(25-17)14-4-3-11-24-14/h3-4,6-9,11H,2,5,10H2,1H3,(H,18,20,21). The molecule has 1 amide bonds. The Labute approximate surface area is 153 Å². The first kappa shape index (κ1) is 17.4. The van der Waals surface area contributed by atoms with Gasteiger partial charge in [0.25, 0.3) is 0 Å². The zero-order chi connectivity index (χ0) is 17.5. The molecule has 2 heterocycles. The Morgan fingerprint density at radius 2 is 1.96 bits per heavy atom. The van der Waals surface area contributed by atoms with Crippen LogP contribution in [0.2, 0.25) is 0 Å². The maximum Gasteiger partial charge on any atom is 0.226 e.